The van der Waals surface area contributed by atoms with Crippen molar-refractivity contribution in [2.45, 2.75) is 45.8 Å². The minimum Gasteiger partial charge on any atom is -0.444 e. The SMILES string of the molecule is Cc1ccc2cc(/C=N/NC(=O)[C@H](Cc3c[nH]c4ccccc34)NC(=O)OC(C)(C)C)c(Cl)nc2c1. The number of hydrogen-bond donors (Lipinski definition) is 3. The number of aryl methyl sites for hydroxylation is 1. The Morgan fingerprint density at radius 3 is 2.75 bits per heavy atom. The van der Waals surface area contributed by atoms with Crippen LogP contribution in [0.15, 0.2) is 59.8 Å². The van der Waals surface area contributed by atoms with Gasteiger partial charge in [0.25, 0.3) is 5.91 Å². The highest BCUT2D eigenvalue weighted by Crippen LogP contribution is 2.21. The maximum absolute atomic E-state index is 13.1. The van der Waals surface area contributed by atoms with Gasteiger partial charge in [0.05, 0.1) is 11.7 Å². The van der Waals surface area contributed by atoms with Crippen molar-refractivity contribution in [2.75, 3.05) is 0 Å². The van der Waals surface area contributed by atoms with Crippen molar-refractivity contribution >= 4 is 51.6 Å². The van der Waals surface area contributed by atoms with E-state index in [1.807, 2.05) is 61.7 Å². The largest absolute Gasteiger partial charge is 0.444 e. The second-order valence-electron chi connectivity index (χ2n) is 9.56. The Hall–Kier alpha value is -3.91. The fourth-order valence-corrected chi connectivity index (χ4v) is 3.98. The second-order valence-corrected chi connectivity index (χ2v) is 9.92. The number of carbonyl (C=O) groups excluding carboxylic acids is 2. The minimum atomic E-state index is -0.926. The number of para-hydroxylation sites is 1. The highest BCUT2D eigenvalue weighted by Gasteiger charge is 2.25. The number of aromatic nitrogens is 2. The number of alkyl carbamates (subject to hydrolysis) is 1. The highest BCUT2D eigenvalue weighted by molar-refractivity contribution is 6.32. The van der Waals surface area contributed by atoms with Crippen LogP contribution in [0.2, 0.25) is 5.15 Å². The third-order valence-corrected chi connectivity index (χ3v) is 5.74. The standard InChI is InChI=1S/C27H28ClN5O3/c1-16-9-10-17-12-19(24(28)31-22(17)11-16)15-30-33-25(34)23(32-26(35)36-27(2,3)4)13-18-14-29-21-8-6-5-7-20(18)21/h5-12,14-15,23,29H,13H2,1-4H3,(H,32,35)(H,33,34)/b30-15+/t23-/m0/s1. The molecular weight excluding hydrogens is 478 g/mol. The van der Waals surface area contributed by atoms with Gasteiger partial charge in [-0.05, 0) is 57.0 Å². The van der Waals surface area contributed by atoms with Crippen molar-refractivity contribution < 1.29 is 14.3 Å². The summed E-state index contributed by atoms with van der Waals surface area (Å²) in [6.07, 6.45) is 2.81. The summed E-state index contributed by atoms with van der Waals surface area (Å²) in [6.45, 7) is 7.26. The van der Waals surface area contributed by atoms with Crippen LogP contribution < -0.4 is 10.7 Å². The number of carbonyl (C=O) groups is 2. The number of halogens is 1. The Labute approximate surface area is 214 Å². The molecule has 0 radical (unpaired) electrons. The van der Waals surface area contributed by atoms with Gasteiger partial charge in [-0.1, -0.05) is 41.9 Å². The van der Waals surface area contributed by atoms with E-state index in [2.05, 4.69) is 25.8 Å². The molecule has 4 rings (SSSR count). The van der Waals surface area contributed by atoms with Gasteiger partial charge >= 0.3 is 6.09 Å². The summed E-state index contributed by atoms with van der Waals surface area (Å²) >= 11 is 6.32. The van der Waals surface area contributed by atoms with Gasteiger partial charge in [-0.3, -0.25) is 4.79 Å². The molecule has 0 saturated heterocycles. The number of hydrazone groups is 1. The number of pyridine rings is 1. The van der Waals surface area contributed by atoms with Gasteiger partial charge < -0.3 is 15.0 Å². The first kappa shape index (κ1) is 25.2. The summed E-state index contributed by atoms with van der Waals surface area (Å²) < 4.78 is 5.36. The first-order valence-electron chi connectivity index (χ1n) is 11.5. The van der Waals surface area contributed by atoms with Gasteiger partial charge in [-0.15, -0.1) is 0 Å². The van der Waals surface area contributed by atoms with E-state index in [1.54, 1.807) is 20.8 Å². The number of nitrogens with zero attached hydrogens (tertiary/aromatic N) is 2. The molecule has 1 atom stereocenters. The Balaban J connectivity index is 1.52. The van der Waals surface area contributed by atoms with E-state index in [1.165, 1.54) is 6.21 Å². The molecule has 0 fully saturated rings. The van der Waals surface area contributed by atoms with Crippen LogP contribution in [-0.2, 0) is 16.0 Å². The fraction of sp³-hybridized carbons (Fsp3) is 0.259. The van der Waals surface area contributed by atoms with Crippen molar-refractivity contribution in [2.24, 2.45) is 5.10 Å². The molecule has 2 aromatic carbocycles. The zero-order chi connectivity index (χ0) is 25.9. The van der Waals surface area contributed by atoms with Crippen LogP contribution in [0.1, 0.15) is 37.5 Å². The van der Waals surface area contributed by atoms with Crippen LogP contribution >= 0.6 is 11.6 Å². The van der Waals surface area contributed by atoms with E-state index in [9.17, 15) is 9.59 Å². The van der Waals surface area contributed by atoms with Gasteiger partial charge in [-0.2, -0.15) is 5.10 Å². The lowest BCUT2D eigenvalue weighted by Crippen LogP contribution is -2.48. The van der Waals surface area contributed by atoms with E-state index < -0.39 is 23.6 Å². The van der Waals surface area contributed by atoms with E-state index in [0.717, 1.165) is 32.9 Å². The molecule has 2 heterocycles. The predicted octanol–water partition coefficient (Wildman–Crippen LogP) is 5.26. The third-order valence-electron chi connectivity index (χ3n) is 5.44. The average molecular weight is 506 g/mol. The zero-order valence-corrected chi connectivity index (χ0v) is 21.3. The minimum absolute atomic E-state index is 0.238. The molecule has 0 bridgehead atoms. The highest BCUT2D eigenvalue weighted by atomic mass is 35.5. The van der Waals surface area contributed by atoms with Gasteiger partial charge in [0.15, 0.2) is 0 Å². The normalized spacial score (nSPS) is 12.7. The average Bonchev–Trinajstić information content (AvgIpc) is 3.20. The molecule has 186 valence electrons. The molecule has 0 aliphatic rings. The lowest BCUT2D eigenvalue weighted by molar-refractivity contribution is -0.123. The van der Waals surface area contributed by atoms with Crippen molar-refractivity contribution in [3.8, 4) is 0 Å². The summed E-state index contributed by atoms with van der Waals surface area (Å²) in [4.78, 5) is 33.1. The van der Waals surface area contributed by atoms with Crippen LogP contribution in [-0.4, -0.2) is 39.8 Å². The number of H-pyrrole nitrogens is 1. The zero-order valence-electron chi connectivity index (χ0n) is 20.6. The number of ether oxygens (including phenoxy) is 1. The van der Waals surface area contributed by atoms with Crippen LogP contribution in [0.3, 0.4) is 0 Å². The lowest BCUT2D eigenvalue weighted by Gasteiger charge is -2.22. The van der Waals surface area contributed by atoms with Crippen molar-refractivity contribution in [3.63, 3.8) is 0 Å². The van der Waals surface area contributed by atoms with Crippen LogP contribution in [0.5, 0.6) is 0 Å². The smallest absolute Gasteiger partial charge is 0.408 e. The van der Waals surface area contributed by atoms with Gasteiger partial charge in [0, 0.05) is 34.5 Å². The van der Waals surface area contributed by atoms with Crippen LogP contribution in [0.4, 0.5) is 4.79 Å². The maximum atomic E-state index is 13.1. The van der Waals surface area contributed by atoms with Gasteiger partial charge in [0.1, 0.15) is 16.8 Å². The van der Waals surface area contributed by atoms with Gasteiger partial charge in [0.2, 0.25) is 0 Å². The fourth-order valence-electron chi connectivity index (χ4n) is 3.78. The summed E-state index contributed by atoms with van der Waals surface area (Å²) in [5, 5.41) is 8.88. The van der Waals surface area contributed by atoms with Crippen LogP contribution in [0.25, 0.3) is 21.8 Å². The summed E-state index contributed by atoms with van der Waals surface area (Å²) in [6, 6.07) is 14.6. The molecule has 0 saturated carbocycles. The molecule has 0 aliphatic heterocycles. The monoisotopic (exact) mass is 505 g/mol. The molecule has 0 aliphatic carbocycles. The molecule has 36 heavy (non-hydrogen) atoms. The van der Waals surface area contributed by atoms with E-state index in [-0.39, 0.29) is 11.6 Å². The first-order chi connectivity index (χ1) is 17.1. The number of fused-ring (bicyclic) bond motifs is 2. The summed E-state index contributed by atoms with van der Waals surface area (Å²) in [5.41, 5.74) is 6.04. The number of nitrogens with one attached hydrogen (secondary N) is 3. The molecule has 2 aromatic heterocycles. The molecule has 9 heteroatoms. The number of benzene rings is 2. The van der Waals surface area contributed by atoms with Gasteiger partial charge in [-0.25, -0.2) is 15.2 Å². The quantitative estimate of drug-likeness (QED) is 0.188. The number of rotatable bonds is 6. The summed E-state index contributed by atoms with van der Waals surface area (Å²) in [7, 11) is 0. The number of hydrogen-bond acceptors (Lipinski definition) is 5. The van der Waals surface area contributed by atoms with Crippen molar-refractivity contribution in [1.82, 2.24) is 20.7 Å². The molecule has 0 spiro atoms. The Bertz CT molecular complexity index is 1460. The van der Waals surface area contributed by atoms with E-state index in [0.29, 0.717) is 5.56 Å². The van der Waals surface area contributed by atoms with E-state index >= 15 is 0 Å². The third kappa shape index (κ3) is 6.20. The molecule has 4 aromatic rings. The van der Waals surface area contributed by atoms with Crippen molar-refractivity contribution in [1.29, 1.82) is 0 Å². The molecule has 3 N–H and O–H groups in total. The topological polar surface area (TPSA) is 108 Å². The summed E-state index contributed by atoms with van der Waals surface area (Å²) in [5.74, 6) is -0.497. The van der Waals surface area contributed by atoms with Crippen LogP contribution in [0, 0.1) is 6.92 Å². The van der Waals surface area contributed by atoms with E-state index in [4.69, 9.17) is 16.3 Å². The molecule has 0 unspecified atom stereocenters. The maximum Gasteiger partial charge on any atom is 0.408 e. The van der Waals surface area contributed by atoms with Crippen molar-refractivity contribution in [3.05, 3.63) is 76.6 Å². The predicted molar refractivity (Wildman–Crippen MR) is 142 cm³/mol. The molecular formula is C27H28ClN5O3. The number of aromatic amines is 1. The lowest BCUT2D eigenvalue weighted by atomic mass is 10.0. The second kappa shape index (κ2) is 10.4. The Morgan fingerprint density at radius 2 is 1.97 bits per heavy atom. The Kier molecular flexibility index (Phi) is 7.26. The molecule has 8 nitrogen and oxygen atoms in total. The molecule has 2 amide bonds. The number of amides is 2. The first-order valence-corrected chi connectivity index (χ1v) is 11.9. The Morgan fingerprint density at radius 1 is 1.19 bits per heavy atom.